The molecular weight excluding hydrogens is 188 g/mol. The van der Waals surface area contributed by atoms with Crippen molar-refractivity contribution in [3.8, 4) is 5.75 Å². The first-order valence-electron chi connectivity index (χ1n) is 4.35. The molecule has 2 nitrogen and oxygen atoms in total. The van der Waals surface area contributed by atoms with Gasteiger partial charge in [-0.3, -0.25) is 0 Å². The van der Waals surface area contributed by atoms with Crippen molar-refractivity contribution < 1.29 is 9.47 Å². The number of hydrogen-bond donors (Lipinski definition) is 0. The fourth-order valence-corrected chi connectivity index (χ4v) is 1.47. The predicted molar refractivity (Wildman–Crippen MR) is 51.3 cm³/mol. The maximum Gasteiger partial charge on any atom is 0.125 e. The molecule has 1 aliphatic rings. The van der Waals surface area contributed by atoms with Crippen molar-refractivity contribution >= 4 is 11.6 Å². The van der Waals surface area contributed by atoms with Gasteiger partial charge in [-0.05, 0) is 25.1 Å². The van der Waals surface area contributed by atoms with Gasteiger partial charge in [-0.2, -0.15) is 0 Å². The van der Waals surface area contributed by atoms with E-state index < -0.39 is 0 Å². The van der Waals surface area contributed by atoms with Crippen LogP contribution in [0.5, 0.6) is 5.75 Å². The molecule has 0 aromatic heterocycles. The van der Waals surface area contributed by atoms with Gasteiger partial charge in [0, 0.05) is 10.6 Å². The SMILES string of the molecule is CCOc1ccc(Cl)cc1[C@@H]1CO1. The Bertz CT molecular complexity index is 308. The van der Waals surface area contributed by atoms with E-state index in [-0.39, 0.29) is 6.10 Å². The lowest BCUT2D eigenvalue weighted by atomic mass is 10.1. The van der Waals surface area contributed by atoms with E-state index in [4.69, 9.17) is 21.1 Å². The molecule has 1 aliphatic heterocycles. The first kappa shape index (κ1) is 8.85. The largest absolute Gasteiger partial charge is 0.493 e. The first-order valence-corrected chi connectivity index (χ1v) is 4.73. The highest BCUT2D eigenvalue weighted by Gasteiger charge is 2.28. The second-order valence-corrected chi connectivity index (χ2v) is 3.37. The number of rotatable bonds is 3. The van der Waals surface area contributed by atoms with E-state index >= 15 is 0 Å². The van der Waals surface area contributed by atoms with E-state index in [0.717, 1.165) is 22.9 Å². The molecule has 0 bridgehead atoms. The van der Waals surface area contributed by atoms with Crippen molar-refractivity contribution in [2.45, 2.75) is 13.0 Å². The van der Waals surface area contributed by atoms with Crippen LogP contribution in [0.2, 0.25) is 5.02 Å². The zero-order valence-electron chi connectivity index (χ0n) is 7.42. The monoisotopic (exact) mass is 198 g/mol. The standard InChI is InChI=1S/C10H11ClO2/c1-2-12-9-4-3-7(11)5-8(9)10-6-13-10/h3-5,10H,2,6H2,1H3/t10-/m0/s1. The highest BCUT2D eigenvalue weighted by Crippen LogP contribution is 2.37. The topological polar surface area (TPSA) is 21.8 Å². The molecule has 0 unspecified atom stereocenters. The Hall–Kier alpha value is -0.730. The van der Waals surface area contributed by atoms with Gasteiger partial charge < -0.3 is 9.47 Å². The Morgan fingerprint density at radius 3 is 3.00 bits per heavy atom. The van der Waals surface area contributed by atoms with E-state index in [1.165, 1.54) is 0 Å². The molecule has 0 N–H and O–H groups in total. The first-order chi connectivity index (χ1) is 6.31. The van der Waals surface area contributed by atoms with Crippen LogP contribution in [0.25, 0.3) is 0 Å². The molecule has 1 fully saturated rings. The van der Waals surface area contributed by atoms with Crippen LogP contribution in [-0.4, -0.2) is 13.2 Å². The second kappa shape index (κ2) is 3.56. The summed E-state index contributed by atoms with van der Waals surface area (Å²) in [4.78, 5) is 0. The summed E-state index contributed by atoms with van der Waals surface area (Å²) in [5.74, 6) is 0.884. The maximum absolute atomic E-state index is 5.88. The molecular formula is C10H11ClO2. The summed E-state index contributed by atoms with van der Waals surface area (Å²) in [7, 11) is 0. The Morgan fingerprint density at radius 1 is 1.62 bits per heavy atom. The molecule has 70 valence electrons. The summed E-state index contributed by atoms with van der Waals surface area (Å²) in [5.41, 5.74) is 1.06. The molecule has 1 atom stereocenters. The van der Waals surface area contributed by atoms with Gasteiger partial charge >= 0.3 is 0 Å². The van der Waals surface area contributed by atoms with E-state index in [1.807, 2.05) is 25.1 Å². The Labute approximate surface area is 82.4 Å². The predicted octanol–water partition coefficient (Wildman–Crippen LogP) is 2.81. The minimum atomic E-state index is 0.195. The third-order valence-corrected chi connectivity index (χ3v) is 2.19. The summed E-state index contributed by atoms with van der Waals surface area (Å²) in [5, 5.41) is 0.731. The summed E-state index contributed by atoms with van der Waals surface area (Å²) in [6.07, 6.45) is 0.195. The van der Waals surface area contributed by atoms with Gasteiger partial charge in [-0.25, -0.2) is 0 Å². The molecule has 1 heterocycles. The van der Waals surface area contributed by atoms with Crippen molar-refractivity contribution in [2.75, 3.05) is 13.2 Å². The van der Waals surface area contributed by atoms with E-state index in [0.29, 0.717) is 6.61 Å². The average Bonchev–Trinajstić information content (AvgIpc) is 2.91. The highest BCUT2D eigenvalue weighted by atomic mass is 35.5. The third-order valence-electron chi connectivity index (χ3n) is 1.95. The van der Waals surface area contributed by atoms with Gasteiger partial charge in [0.1, 0.15) is 11.9 Å². The number of benzene rings is 1. The van der Waals surface area contributed by atoms with E-state index in [2.05, 4.69) is 0 Å². The minimum absolute atomic E-state index is 0.195. The third kappa shape index (κ3) is 1.95. The van der Waals surface area contributed by atoms with Crippen molar-refractivity contribution in [2.24, 2.45) is 0 Å². The van der Waals surface area contributed by atoms with Crippen LogP contribution in [0.3, 0.4) is 0 Å². The van der Waals surface area contributed by atoms with Crippen LogP contribution >= 0.6 is 11.6 Å². The smallest absolute Gasteiger partial charge is 0.125 e. The number of ether oxygens (including phenoxy) is 2. The minimum Gasteiger partial charge on any atom is -0.493 e. The van der Waals surface area contributed by atoms with Gasteiger partial charge in [-0.1, -0.05) is 11.6 Å². The van der Waals surface area contributed by atoms with Gasteiger partial charge in [0.25, 0.3) is 0 Å². The Balaban J connectivity index is 2.30. The van der Waals surface area contributed by atoms with Gasteiger partial charge in [0.15, 0.2) is 0 Å². The molecule has 1 aromatic carbocycles. The maximum atomic E-state index is 5.88. The molecule has 2 rings (SSSR count). The summed E-state index contributed by atoms with van der Waals surface area (Å²) < 4.78 is 10.7. The zero-order valence-corrected chi connectivity index (χ0v) is 8.17. The van der Waals surface area contributed by atoms with E-state index in [9.17, 15) is 0 Å². The fraction of sp³-hybridized carbons (Fsp3) is 0.400. The van der Waals surface area contributed by atoms with Gasteiger partial charge in [0.2, 0.25) is 0 Å². The number of hydrogen-bond acceptors (Lipinski definition) is 2. The summed E-state index contributed by atoms with van der Waals surface area (Å²) in [6.45, 7) is 3.41. The quantitative estimate of drug-likeness (QED) is 0.697. The van der Waals surface area contributed by atoms with Crippen molar-refractivity contribution in [1.82, 2.24) is 0 Å². The van der Waals surface area contributed by atoms with E-state index in [1.54, 1.807) is 0 Å². The fourth-order valence-electron chi connectivity index (χ4n) is 1.29. The summed E-state index contributed by atoms with van der Waals surface area (Å²) >= 11 is 5.88. The average molecular weight is 199 g/mol. The van der Waals surface area contributed by atoms with Gasteiger partial charge in [0.05, 0.1) is 13.2 Å². The number of epoxide rings is 1. The zero-order chi connectivity index (χ0) is 9.26. The lowest BCUT2D eigenvalue weighted by Crippen LogP contribution is -1.95. The molecule has 0 saturated carbocycles. The molecule has 1 aromatic rings. The Morgan fingerprint density at radius 2 is 2.38 bits per heavy atom. The van der Waals surface area contributed by atoms with Crippen LogP contribution in [0.15, 0.2) is 18.2 Å². The summed E-state index contributed by atoms with van der Waals surface area (Å²) in [6, 6.07) is 5.63. The highest BCUT2D eigenvalue weighted by molar-refractivity contribution is 6.30. The molecule has 0 amide bonds. The molecule has 0 spiro atoms. The second-order valence-electron chi connectivity index (χ2n) is 2.94. The van der Waals surface area contributed by atoms with Crippen LogP contribution in [0, 0.1) is 0 Å². The molecule has 0 radical (unpaired) electrons. The van der Waals surface area contributed by atoms with Gasteiger partial charge in [-0.15, -0.1) is 0 Å². The number of halogens is 1. The van der Waals surface area contributed by atoms with Crippen LogP contribution < -0.4 is 4.74 Å². The molecule has 1 saturated heterocycles. The van der Waals surface area contributed by atoms with Crippen LogP contribution in [0.1, 0.15) is 18.6 Å². The van der Waals surface area contributed by atoms with Crippen molar-refractivity contribution in [3.63, 3.8) is 0 Å². The Kier molecular flexibility index (Phi) is 2.42. The molecule has 13 heavy (non-hydrogen) atoms. The van der Waals surface area contributed by atoms with Crippen molar-refractivity contribution in [3.05, 3.63) is 28.8 Å². The lowest BCUT2D eigenvalue weighted by Gasteiger charge is -2.07. The normalized spacial score (nSPS) is 20.0. The molecule has 0 aliphatic carbocycles. The lowest BCUT2D eigenvalue weighted by molar-refractivity contribution is 0.329. The van der Waals surface area contributed by atoms with Crippen molar-refractivity contribution in [1.29, 1.82) is 0 Å². The van der Waals surface area contributed by atoms with Crippen LogP contribution in [0.4, 0.5) is 0 Å². The van der Waals surface area contributed by atoms with Crippen LogP contribution in [-0.2, 0) is 4.74 Å². The molecule has 3 heteroatoms.